The molecule has 6 nitrogen and oxygen atoms in total. The van der Waals surface area contributed by atoms with Crippen molar-refractivity contribution in [1.82, 2.24) is 0 Å². The molecule has 3 fully saturated rings. The minimum Gasteiger partial charge on any atom is -0.392 e. The van der Waals surface area contributed by atoms with Crippen molar-refractivity contribution in [3.63, 3.8) is 0 Å². The Kier molecular flexibility index (Phi) is 3.57. The molecule has 8 atom stereocenters. The Balaban J connectivity index is 2.00. The van der Waals surface area contributed by atoms with E-state index in [1.807, 2.05) is 6.92 Å². The number of fused-ring (bicyclic) bond motifs is 1. The first-order chi connectivity index (χ1) is 11.9. The average Bonchev–Trinajstić information content (AvgIpc) is 2.89. The van der Waals surface area contributed by atoms with Crippen LogP contribution < -0.4 is 0 Å². The van der Waals surface area contributed by atoms with E-state index in [2.05, 4.69) is 6.58 Å². The fraction of sp³-hybridized carbons (Fsp3) is 0.800. The summed E-state index contributed by atoms with van der Waals surface area (Å²) in [6, 6.07) is 0. The summed E-state index contributed by atoms with van der Waals surface area (Å²) in [4.78, 5) is 0. The lowest BCUT2D eigenvalue weighted by Crippen LogP contribution is -2.76. The highest BCUT2D eigenvalue weighted by atomic mass is 16.6. The van der Waals surface area contributed by atoms with Gasteiger partial charge in [0.2, 0.25) is 0 Å². The summed E-state index contributed by atoms with van der Waals surface area (Å²) in [5.74, 6) is -2.78. The van der Waals surface area contributed by atoms with E-state index in [1.165, 1.54) is 0 Å². The fourth-order valence-electron chi connectivity index (χ4n) is 6.38. The summed E-state index contributed by atoms with van der Waals surface area (Å²) in [5, 5.41) is 56.0. The van der Waals surface area contributed by atoms with Gasteiger partial charge >= 0.3 is 0 Å². The molecule has 4 rings (SSSR count). The van der Waals surface area contributed by atoms with Crippen molar-refractivity contribution in [2.45, 2.75) is 69.7 Å². The van der Waals surface area contributed by atoms with Gasteiger partial charge in [0.1, 0.15) is 6.10 Å². The number of aliphatic hydroxyl groups excluding tert-OH is 3. The standard InChI is InChI=1S/C20H30O6/c1-5-17(4)6-7-19(24)11(9-17)14(23)20(25)15-16(2,3)12(21)8-13(22)18(15,19)10-26-20/h5,9,12-15,21-25H,1,6-8,10H2,2-4H3/t12-,13+,14-,15+,17+,18+,19-,20-/m1/s1. The third-order valence-corrected chi connectivity index (χ3v) is 8.03. The van der Waals surface area contributed by atoms with Crippen LogP contribution in [0.5, 0.6) is 0 Å². The van der Waals surface area contributed by atoms with E-state index in [0.29, 0.717) is 18.4 Å². The number of hydrogen-bond acceptors (Lipinski definition) is 6. The van der Waals surface area contributed by atoms with E-state index in [9.17, 15) is 25.5 Å². The van der Waals surface area contributed by atoms with Crippen LogP contribution in [-0.2, 0) is 4.74 Å². The zero-order chi connectivity index (χ0) is 19.3. The molecule has 1 saturated heterocycles. The highest BCUT2D eigenvalue weighted by molar-refractivity contribution is 5.43. The molecule has 0 spiro atoms. The number of allylic oxidation sites excluding steroid dienone is 2. The third-order valence-electron chi connectivity index (χ3n) is 8.03. The Morgan fingerprint density at radius 3 is 2.38 bits per heavy atom. The largest absolute Gasteiger partial charge is 0.392 e. The van der Waals surface area contributed by atoms with Crippen LogP contribution >= 0.6 is 0 Å². The molecule has 6 heteroatoms. The maximum atomic E-state index is 11.9. The summed E-state index contributed by atoms with van der Waals surface area (Å²) in [7, 11) is 0. The van der Waals surface area contributed by atoms with Crippen molar-refractivity contribution < 1.29 is 30.3 Å². The van der Waals surface area contributed by atoms with Gasteiger partial charge in [-0.25, -0.2) is 0 Å². The number of ether oxygens (including phenoxy) is 1. The SMILES string of the molecule is C=C[C@]1(C)C=C2[C@@H](O)[C@@]3(O)OC[C@]4([C@@H]3C(C)(C)[C@H](O)C[C@@H]4O)[C@@]2(O)CC1. The molecule has 2 saturated carbocycles. The van der Waals surface area contributed by atoms with E-state index < -0.39 is 51.9 Å². The maximum Gasteiger partial charge on any atom is 0.200 e. The van der Waals surface area contributed by atoms with Crippen molar-refractivity contribution in [2.75, 3.05) is 6.61 Å². The van der Waals surface area contributed by atoms with Crippen LogP contribution in [0.15, 0.2) is 24.3 Å². The second kappa shape index (κ2) is 4.99. The quantitative estimate of drug-likeness (QED) is 0.432. The van der Waals surface area contributed by atoms with Gasteiger partial charge in [-0.3, -0.25) is 0 Å². The van der Waals surface area contributed by atoms with Gasteiger partial charge in [-0.1, -0.05) is 32.9 Å². The van der Waals surface area contributed by atoms with Crippen molar-refractivity contribution in [3.8, 4) is 0 Å². The number of rotatable bonds is 1. The summed E-state index contributed by atoms with van der Waals surface area (Å²) < 4.78 is 5.74. The monoisotopic (exact) mass is 366 g/mol. The Morgan fingerprint density at radius 1 is 1.12 bits per heavy atom. The van der Waals surface area contributed by atoms with E-state index >= 15 is 0 Å². The smallest absolute Gasteiger partial charge is 0.200 e. The molecular weight excluding hydrogens is 336 g/mol. The molecule has 0 aromatic carbocycles. The van der Waals surface area contributed by atoms with Gasteiger partial charge in [0.05, 0.1) is 29.8 Å². The van der Waals surface area contributed by atoms with Gasteiger partial charge in [0, 0.05) is 17.8 Å². The topological polar surface area (TPSA) is 110 Å². The second-order valence-electron chi connectivity index (χ2n) is 9.68. The minimum absolute atomic E-state index is 0.0683. The van der Waals surface area contributed by atoms with Crippen LogP contribution in [0.4, 0.5) is 0 Å². The highest BCUT2D eigenvalue weighted by Crippen LogP contribution is 2.71. The molecular formula is C20H30O6. The molecule has 3 aliphatic carbocycles. The van der Waals surface area contributed by atoms with Crippen molar-refractivity contribution in [3.05, 3.63) is 24.3 Å². The van der Waals surface area contributed by atoms with Crippen LogP contribution in [0.3, 0.4) is 0 Å². The summed E-state index contributed by atoms with van der Waals surface area (Å²) in [6.45, 7) is 9.34. The average molecular weight is 366 g/mol. The van der Waals surface area contributed by atoms with Gasteiger partial charge < -0.3 is 30.3 Å². The fourth-order valence-corrected chi connectivity index (χ4v) is 6.38. The minimum atomic E-state index is -1.97. The van der Waals surface area contributed by atoms with E-state index in [0.717, 1.165) is 0 Å². The second-order valence-corrected chi connectivity index (χ2v) is 9.68. The Bertz CT molecular complexity index is 688. The van der Waals surface area contributed by atoms with Crippen molar-refractivity contribution in [2.24, 2.45) is 22.2 Å². The van der Waals surface area contributed by atoms with Gasteiger partial charge in [0.15, 0.2) is 5.79 Å². The normalized spacial score (nSPS) is 57.8. The zero-order valence-corrected chi connectivity index (χ0v) is 15.6. The molecule has 26 heavy (non-hydrogen) atoms. The highest BCUT2D eigenvalue weighted by Gasteiger charge is 2.81. The van der Waals surface area contributed by atoms with Crippen LogP contribution in [0.25, 0.3) is 0 Å². The summed E-state index contributed by atoms with van der Waals surface area (Å²) in [5.41, 5.74) is -3.67. The number of aliphatic hydroxyl groups is 5. The zero-order valence-electron chi connectivity index (χ0n) is 15.6. The first-order valence-electron chi connectivity index (χ1n) is 9.39. The van der Waals surface area contributed by atoms with Crippen LogP contribution in [0, 0.1) is 22.2 Å². The summed E-state index contributed by atoms with van der Waals surface area (Å²) >= 11 is 0. The molecule has 146 valence electrons. The lowest BCUT2D eigenvalue weighted by atomic mass is 9.41. The first kappa shape index (κ1) is 18.6. The van der Waals surface area contributed by atoms with Crippen LogP contribution in [0.2, 0.25) is 0 Å². The van der Waals surface area contributed by atoms with Gasteiger partial charge in [0.25, 0.3) is 0 Å². The Morgan fingerprint density at radius 2 is 1.77 bits per heavy atom. The first-order valence-corrected chi connectivity index (χ1v) is 9.39. The molecule has 0 aromatic rings. The van der Waals surface area contributed by atoms with E-state index in [4.69, 9.17) is 4.74 Å². The van der Waals surface area contributed by atoms with E-state index in [1.54, 1.807) is 26.0 Å². The van der Waals surface area contributed by atoms with Gasteiger partial charge in [-0.15, -0.1) is 6.58 Å². The molecule has 1 aliphatic heterocycles. The molecule has 0 amide bonds. The molecule has 5 N–H and O–H groups in total. The van der Waals surface area contributed by atoms with Crippen LogP contribution in [0.1, 0.15) is 40.0 Å². The Labute approximate surface area is 153 Å². The predicted octanol–water partition coefficient (Wildman–Crippen LogP) is 0.478. The van der Waals surface area contributed by atoms with Gasteiger partial charge in [-0.2, -0.15) is 0 Å². The molecule has 0 aromatic heterocycles. The Hall–Kier alpha value is -0.760. The van der Waals surface area contributed by atoms with Gasteiger partial charge in [-0.05, 0) is 23.8 Å². The third kappa shape index (κ3) is 1.79. The molecule has 0 radical (unpaired) electrons. The molecule has 2 bridgehead atoms. The van der Waals surface area contributed by atoms with E-state index in [-0.39, 0.29) is 13.0 Å². The lowest BCUT2D eigenvalue weighted by molar-refractivity contribution is -0.314. The summed E-state index contributed by atoms with van der Waals surface area (Å²) in [6.07, 6.45) is 1.18. The maximum absolute atomic E-state index is 11.9. The molecule has 1 heterocycles. The molecule has 4 aliphatic rings. The van der Waals surface area contributed by atoms with Crippen molar-refractivity contribution in [1.29, 1.82) is 0 Å². The number of hydrogen-bond donors (Lipinski definition) is 5. The molecule has 0 unspecified atom stereocenters. The predicted molar refractivity (Wildman–Crippen MR) is 93.8 cm³/mol. The van der Waals surface area contributed by atoms with Crippen molar-refractivity contribution >= 4 is 0 Å². The van der Waals surface area contributed by atoms with Crippen LogP contribution in [-0.4, -0.2) is 61.8 Å². The lowest BCUT2D eigenvalue weighted by Gasteiger charge is -2.66.